The van der Waals surface area contributed by atoms with Crippen LogP contribution in [0.25, 0.3) is 0 Å². The number of aliphatic carboxylic acids is 1. The van der Waals surface area contributed by atoms with Crippen LogP contribution >= 0.6 is 0 Å². The molecule has 0 aliphatic heterocycles. The van der Waals surface area contributed by atoms with E-state index in [1.165, 1.54) is 18.4 Å². The summed E-state index contributed by atoms with van der Waals surface area (Å²) in [6, 6.07) is 0. The van der Waals surface area contributed by atoms with E-state index < -0.39 is 5.97 Å². The van der Waals surface area contributed by atoms with E-state index >= 15 is 0 Å². The molecule has 2 atom stereocenters. The van der Waals surface area contributed by atoms with Crippen LogP contribution in [0.2, 0.25) is 0 Å². The smallest absolute Gasteiger partial charge is 0.303 e. The second-order valence-electron chi connectivity index (χ2n) is 5.11. The first-order chi connectivity index (χ1) is 6.60. The van der Waals surface area contributed by atoms with Crippen molar-refractivity contribution in [2.75, 3.05) is 0 Å². The average Bonchev–Trinajstić information content (AvgIpc) is 1.99. The van der Waals surface area contributed by atoms with Crippen LogP contribution in [0.5, 0.6) is 0 Å². The van der Waals surface area contributed by atoms with E-state index in [0.717, 1.165) is 19.3 Å². The molecular weight excluding hydrogens is 176 g/mol. The second kappa shape index (κ2) is 3.41. The number of hydrogen-bond donors (Lipinski definition) is 1. The van der Waals surface area contributed by atoms with Gasteiger partial charge in [0, 0.05) is 0 Å². The monoisotopic (exact) mass is 194 g/mol. The standard InChI is InChI=1S/C12H18O2/c1-9-5-10-3-2-4-12(6-9,7-10)8-11(13)14/h5,9H,2-4,6-8H2,1H3,(H,13,14). The van der Waals surface area contributed by atoms with Crippen molar-refractivity contribution < 1.29 is 9.90 Å². The van der Waals surface area contributed by atoms with Gasteiger partial charge in [0.2, 0.25) is 0 Å². The van der Waals surface area contributed by atoms with E-state index in [9.17, 15) is 4.79 Å². The highest BCUT2D eigenvalue weighted by Gasteiger charge is 2.39. The van der Waals surface area contributed by atoms with E-state index in [4.69, 9.17) is 5.11 Å². The Labute approximate surface area is 85.0 Å². The van der Waals surface area contributed by atoms with E-state index in [1.54, 1.807) is 0 Å². The summed E-state index contributed by atoms with van der Waals surface area (Å²) in [4.78, 5) is 10.8. The zero-order valence-corrected chi connectivity index (χ0v) is 8.75. The molecule has 2 rings (SSSR count). The van der Waals surface area contributed by atoms with Crippen LogP contribution in [0.3, 0.4) is 0 Å². The van der Waals surface area contributed by atoms with Crippen molar-refractivity contribution in [3.8, 4) is 0 Å². The normalized spacial score (nSPS) is 36.4. The quantitative estimate of drug-likeness (QED) is 0.686. The largest absolute Gasteiger partial charge is 0.481 e. The van der Waals surface area contributed by atoms with Gasteiger partial charge in [0.15, 0.2) is 0 Å². The van der Waals surface area contributed by atoms with Gasteiger partial charge in [0.05, 0.1) is 6.42 Å². The molecule has 2 aliphatic carbocycles. The van der Waals surface area contributed by atoms with Crippen molar-refractivity contribution in [1.29, 1.82) is 0 Å². The van der Waals surface area contributed by atoms with E-state index in [-0.39, 0.29) is 5.41 Å². The number of carboxylic acids is 1. The fraction of sp³-hybridized carbons (Fsp3) is 0.750. The summed E-state index contributed by atoms with van der Waals surface area (Å²) in [7, 11) is 0. The summed E-state index contributed by atoms with van der Waals surface area (Å²) >= 11 is 0. The van der Waals surface area contributed by atoms with Crippen LogP contribution in [-0.4, -0.2) is 11.1 Å². The first-order valence-electron chi connectivity index (χ1n) is 5.51. The average molecular weight is 194 g/mol. The third-order valence-corrected chi connectivity index (χ3v) is 3.61. The molecule has 0 saturated heterocycles. The van der Waals surface area contributed by atoms with Gasteiger partial charge in [-0.1, -0.05) is 18.6 Å². The molecule has 2 heteroatoms. The van der Waals surface area contributed by atoms with Gasteiger partial charge in [-0.05, 0) is 43.4 Å². The second-order valence-corrected chi connectivity index (χ2v) is 5.11. The maximum Gasteiger partial charge on any atom is 0.303 e. The number of carboxylic acid groups (broad SMARTS) is 1. The molecule has 2 bridgehead atoms. The van der Waals surface area contributed by atoms with Crippen LogP contribution in [0.1, 0.15) is 45.4 Å². The molecule has 2 unspecified atom stereocenters. The number of hydrogen-bond acceptors (Lipinski definition) is 1. The molecule has 0 aromatic heterocycles. The van der Waals surface area contributed by atoms with Crippen molar-refractivity contribution in [1.82, 2.24) is 0 Å². The zero-order chi connectivity index (χ0) is 10.2. The van der Waals surface area contributed by atoms with Crippen molar-refractivity contribution >= 4 is 5.97 Å². The van der Waals surface area contributed by atoms with Gasteiger partial charge in [0.25, 0.3) is 0 Å². The Morgan fingerprint density at radius 1 is 1.71 bits per heavy atom. The first-order valence-corrected chi connectivity index (χ1v) is 5.51. The van der Waals surface area contributed by atoms with Gasteiger partial charge in [-0.15, -0.1) is 0 Å². The lowest BCUT2D eigenvalue weighted by molar-refractivity contribution is -0.140. The molecule has 1 fully saturated rings. The van der Waals surface area contributed by atoms with Crippen molar-refractivity contribution in [2.24, 2.45) is 11.3 Å². The minimum Gasteiger partial charge on any atom is -0.481 e. The van der Waals surface area contributed by atoms with E-state index in [0.29, 0.717) is 12.3 Å². The third kappa shape index (κ3) is 1.84. The van der Waals surface area contributed by atoms with E-state index in [1.807, 2.05) is 0 Å². The van der Waals surface area contributed by atoms with Gasteiger partial charge in [-0.25, -0.2) is 0 Å². The highest BCUT2D eigenvalue weighted by atomic mass is 16.4. The van der Waals surface area contributed by atoms with Gasteiger partial charge < -0.3 is 5.11 Å². The maximum absolute atomic E-state index is 10.8. The lowest BCUT2D eigenvalue weighted by Gasteiger charge is -2.42. The van der Waals surface area contributed by atoms with E-state index in [2.05, 4.69) is 13.0 Å². The fourth-order valence-electron chi connectivity index (χ4n) is 3.35. The molecule has 0 radical (unpaired) electrons. The zero-order valence-electron chi connectivity index (χ0n) is 8.75. The van der Waals surface area contributed by atoms with Crippen molar-refractivity contribution in [3.63, 3.8) is 0 Å². The van der Waals surface area contributed by atoms with Crippen molar-refractivity contribution in [2.45, 2.75) is 45.4 Å². The molecule has 0 aromatic carbocycles. The van der Waals surface area contributed by atoms with Crippen LogP contribution in [0.15, 0.2) is 11.6 Å². The molecule has 0 amide bonds. The molecule has 2 aliphatic rings. The topological polar surface area (TPSA) is 37.3 Å². The highest BCUT2D eigenvalue weighted by molar-refractivity contribution is 5.68. The Balaban J connectivity index is 2.18. The van der Waals surface area contributed by atoms with Crippen LogP contribution in [0, 0.1) is 11.3 Å². The Hall–Kier alpha value is -0.790. The summed E-state index contributed by atoms with van der Waals surface area (Å²) in [5.41, 5.74) is 1.62. The van der Waals surface area contributed by atoms with Gasteiger partial charge in [0.1, 0.15) is 0 Å². The SMILES string of the molecule is CC1C=C2CCCC(CC(=O)O)(C2)C1. The lowest BCUT2D eigenvalue weighted by Crippen LogP contribution is -2.32. The number of carbonyl (C=O) groups is 1. The minimum atomic E-state index is -0.625. The summed E-state index contributed by atoms with van der Waals surface area (Å²) in [5, 5.41) is 8.94. The van der Waals surface area contributed by atoms with Gasteiger partial charge in [-0.2, -0.15) is 0 Å². The molecule has 14 heavy (non-hydrogen) atoms. The van der Waals surface area contributed by atoms with Crippen LogP contribution in [-0.2, 0) is 4.79 Å². The predicted octanol–water partition coefficient (Wildman–Crippen LogP) is 2.99. The van der Waals surface area contributed by atoms with Crippen LogP contribution < -0.4 is 0 Å². The molecule has 2 nitrogen and oxygen atoms in total. The van der Waals surface area contributed by atoms with Crippen molar-refractivity contribution in [3.05, 3.63) is 11.6 Å². The first kappa shape index (κ1) is 9.75. The lowest BCUT2D eigenvalue weighted by atomic mass is 9.62. The van der Waals surface area contributed by atoms with Crippen LogP contribution in [0.4, 0.5) is 0 Å². The summed E-state index contributed by atoms with van der Waals surface area (Å²) in [6.45, 7) is 2.21. The molecule has 0 heterocycles. The fourth-order valence-corrected chi connectivity index (χ4v) is 3.35. The number of fused-ring (bicyclic) bond motifs is 2. The Kier molecular flexibility index (Phi) is 2.38. The Morgan fingerprint density at radius 2 is 2.50 bits per heavy atom. The number of rotatable bonds is 2. The molecule has 1 N–H and O–H groups in total. The number of allylic oxidation sites excluding steroid dienone is 2. The molecule has 1 saturated carbocycles. The minimum absolute atomic E-state index is 0.105. The summed E-state index contributed by atoms with van der Waals surface area (Å²) in [5.74, 6) is -0.0428. The summed E-state index contributed by atoms with van der Waals surface area (Å²) in [6.07, 6.45) is 8.35. The Bertz CT molecular complexity index is 280. The highest BCUT2D eigenvalue weighted by Crippen LogP contribution is 2.49. The third-order valence-electron chi connectivity index (χ3n) is 3.61. The molecule has 0 aromatic rings. The maximum atomic E-state index is 10.8. The molecule has 0 spiro atoms. The Morgan fingerprint density at radius 3 is 3.21 bits per heavy atom. The molecular formula is C12H18O2. The van der Waals surface area contributed by atoms with Gasteiger partial charge in [-0.3, -0.25) is 4.79 Å². The van der Waals surface area contributed by atoms with Gasteiger partial charge >= 0.3 is 5.97 Å². The predicted molar refractivity (Wildman–Crippen MR) is 55.0 cm³/mol. The molecule has 78 valence electrons. The summed E-state index contributed by atoms with van der Waals surface area (Å²) < 4.78 is 0.